The average Bonchev–Trinajstić information content (AvgIpc) is 3.28. The molecule has 0 amide bonds. The van der Waals surface area contributed by atoms with Crippen LogP contribution in [0.3, 0.4) is 0 Å². The molecule has 1 atom stereocenters. The number of likely N-dealkylation sites (N-methyl/N-ethyl adjacent to an activating group) is 1. The van der Waals surface area contributed by atoms with Crippen LogP contribution in [0.15, 0.2) is 17.1 Å². The Bertz CT molecular complexity index is 1020. The fraction of sp³-hybridized carbons (Fsp3) is 0.630. The summed E-state index contributed by atoms with van der Waals surface area (Å²) < 4.78 is 0. The Kier molecular flexibility index (Phi) is 8.29. The van der Waals surface area contributed by atoms with E-state index in [-0.39, 0.29) is 11.3 Å². The minimum absolute atomic E-state index is 0.165. The molecule has 1 aliphatic rings. The lowest BCUT2D eigenvalue weighted by molar-refractivity contribution is 0.575. The summed E-state index contributed by atoms with van der Waals surface area (Å²) in [5.41, 5.74) is 5.30. The number of benzene rings is 1. The highest BCUT2D eigenvalue weighted by molar-refractivity contribution is 6.48. The Morgan fingerprint density at radius 3 is 2.44 bits per heavy atom. The summed E-state index contributed by atoms with van der Waals surface area (Å²) in [6.07, 6.45) is 3.83. The Morgan fingerprint density at radius 2 is 1.85 bits per heavy atom. The third-order valence-electron chi connectivity index (χ3n) is 6.56. The number of nitrogens with one attached hydrogen (secondary N) is 3. The van der Waals surface area contributed by atoms with Crippen LogP contribution in [0.5, 0.6) is 0 Å². The number of aliphatic imine (C=N–C) groups is 1. The van der Waals surface area contributed by atoms with E-state index in [0.717, 1.165) is 36.7 Å². The van der Waals surface area contributed by atoms with Crippen LogP contribution in [0.1, 0.15) is 95.4 Å². The number of nitrogens with zero attached hydrogens (tertiary/aromatic N) is 4. The zero-order valence-electron chi connectivity index (χ0n) is 22.3. The third-order valence-corrected chi connectivity index (χ3v) is 6.56. The summed E-state index contributed by atoms with van der Waals surface area (Å²) in [6.45, 7) is 17.8. The quantitative estimate of drug-likeness (QED) is 0.434. The topological polar surface area (TPSA) is 93.0 Å². The van der Waals surface area contributed by atoms with Crippen molar-refractivity contribution in [2.75, 3.05) is 31.6 Å². The number of aromatic amines is 1. The van der Waals surface area contributed by atoms with Gasteiger partial charge in [0.1, 0.15) is 5.71 Å². The minimum atomic E-state index is -0.370. The molecule has 7 heteroatoms. The first-order valence-electron chi connectivity index (χ1n) is 12.7. The standard InChI is InChI=1S/C27H43N7/c1-17(2)20-15-21(18(3)14-22(20)34-12-10-9-11-13-34)30-23(24(28)27(5,6)7)26-31-25(32-33-26)19(4)16-29-8/h14-15,17,19,28-29H,9-13,16H2,1-8H3,(H,31,32,33)/b28-24?,30-23-. The van der Waals surface area contributed by atoms with Crippen molar-refractivity contribution in [1.82, 2.24) is 20.5 Å². The number of rotatable bonds is 8. The first-order valence-corrected chi connectivity index (χ1v) is 12.7. The molecule has 34 heavy (non-hydrogen) atoms. The minimum Gasteiger partial charge on any atom is -0.371 e. The summed E-state index contributed by atoms with van der Waals surface area (Å²) in [5.74, 6) is 1.84. The number of aryl methyl sites for hydroxylation is 1. The van der Waals surface area contributed by atoms with Crippen LogP contribution >= 0.6 is 0 Å². The van der Waals surface area contributed by atoms with Gasteiger partial charge in [-0.3, -0.25) is 5.10 Å². The Morgan fingerprint density at radius 1 is 1.18 bits per heavy atom. The summed E-state index contributed by atoms with van der Waals surface area (Å²) in [4.78, 5) is 12.3. The highest BCUT2D eigenvalue weighted by Gasteiger charge is 2.27. The molecule has 1 aliphatic heterocycles. The van der Waals surface area contributed by atoms with E-state index in [9.17, 15) is 0 Å². The van der Waals surface area contributed by atoms with E-state index in [4.69, 9.17) is 15.4 Å². The number of hydrogen-bond acceptors (Lipinski definition) is 6. The van der Waals surface area contributed by atoms with Crippen molar-refractivity contribution in [2.45, 2.75) is 79.6 Å². The van der Waals surface area contributed by atoms with Gasteiger partial charge in [0.05, 0.1) is 11.4 Å². The smallest absolute Gasteiger partial charge is 0.176 e. The van der Waals surface area contributed by atoms with E-state index in [1.807, 2.05) is 27.8 Å². The Balaban J connectivity index is 2.10. The molecule has 0 aliphatic carbocycles. The van der Waals surface area contributed by atoms with Crippen molar-refractivity contribution in [3.63, 3.8) is 0 Å². The summed E-state index contributed by atoms with van der Waals surface area (Å²) in [7, 11) is 1.93. The number of aromatic nitrogens is 3. The van der Waals surface area contributed by atoms with Gasteiger partial charge in [-0.05, 0) is 62.4 Å². The molecular formula is C27H43N7. The molecule has 2 aromatic rings. The van der Waals surface area contributed by atoms with Crippen LogP contribution in [0.4, 0.5) is 11.4 Å². The number of piperidine rings is 1. The maximum atomic E-state index is 8.95. The molecule has 1 saturated heterocycles. The molecule has 1 aromatic heterocycles. The lowest BCUT2D eigenvalue weighted by Gasteiger charge is -2.32. The van der Waals surface area contributed by atoms with Crippen molar-refractivity contribution >= 4 is 22.8 Å². The SMILES string of the molecule is CNCC(C)c1n[nH]c(/C(=N\c2cc(C(C)C)c(N3CCCCC3)cc2C)C(=N)C(C)(C)C)n1. The molecule has 3 rings (SSSR count). The van der Waals surface area contributed by atoms with Gasteiger partial charge in [0, 0.05) is 36.7 Å². The van der Waals surface area contributed by atoms with Gasteiger partial charge in [-0.1, -0.05) is 41.5 Å². The van der Waals surface area contributed by atoms with Crippen molar-refractivity contribution in [3.05, 3.63) is 34.9 Å². The van der Waals surface area contributed by atoms with E-state index in [1.54, 1.807) is 0 Å². The normalized spacial score (nSPS) is 16.3. The average molecular weight is 466 g/mol. The first kappa shape index (κ1) is 26.1. The molecule has 0 spiro atoms. The van der Waals surface area contributed by atoms with Crippen molar-refractivity contribution in [1.29, 1.82) is 5.41 Å². The van der Waals surface area contributed by atoms with Crippen molar-refractivity contribution in [2.24, 2.45) is 10.4 Å². The molecule has 0 radical (unpaired) electrons. The highest BCUT2D eigenvalue weighted by Crippen LogP contribution is 2.36. The van der Waals surface area contributed by atoms with Gasteiger partial charge < -0.3 is 15.6 Å². The second kappa shape index (κ2) is 10.8. The second-order valence-electron chi connectivity index (χ2n) is 11.0. The molecular weight excluding hydrogens is 422 g/mol. The Hall–Kier alpha value is -2.54. The molecule has 3 N–H and O–H groups in total. The van der Waals surface area contributed by atoms with Crippen LogP contribution in [0.2, 0.25) is 0 Å². The molecule has 0 bridgehead atoms. The second-order valence-corrected chi connectivity index (χ2v) is 11.0. The van der Waals surface area contributed by atoms with Gasteiger partial charge in [-0.2, -0.15) is 5.10 Å². The predicted molar refractivity (Wildman–Crippen MR) is 143 cm³/mol. The summed E-state index contributed by atoms with van der Waals surface area (Å²) in [5, 5.41) is 19.6. The molecule has 1 aromatic carbocycles. The Labute approximate surface area is 205 Å². The van der Waals surface area contributed by atoms with E-state index in [0.29, 0.717) is 23.2 Å². The van der Waals surface area contributed by atoms with Crippen molar-refractivity contribution in [3.8, 4) is 0 Å². The third kappa shape index (κ3) is 5.93. The van der Waals surface area contributed by atoms with Gasteiger partial charge in [0.2, 0.25) is 0 Å². The van der Waals surface area contributed by atoms with Crippen LogP contribution in [0, 0.1) is 17.7 Å². The van der Waals surface area contributed by atoms with E-state index < -0.39 is 0 Å². The fourth-order valence-electron chi connectivity index (χ4n) is 4.39. The fourth-order valence-corrected chi connectivity index (χ4v) is 4.39. The monoisotopic (exact) mass is 465 g/mol. The molecule has 0 saturated carbocycles. The zero-order valence-corrected chi connectivity index (χ0v) is 22.3. The lowest BCUT2D eigenvalue weighted by Crippen LogP contribution is -2.30. The van der Waals surface area contributed by atoms with Crippen molar-refractivity contribution < 1.29 is 0 Å². The summed E-state index contributed by atoms with van der Waals surface area (Å²) in [6, 6.07) is 4.51. The number of H-pyrrole nitrogens is 1. The van der Waals surface area contributed by atoms with E-state index >= 15 is 0 Å². The molecule has 1 unspecified atom stereocenters. The van der Waals surface area contributed by atoms with E-state index in [1.165, 1.54) is 30.5 Å². The maximum absolute atomic E-state index is 8.95. The van der Waals surface area contributed by atoms with Crippen LogP contribution in [0.25, 0.3) is 0 Å². The zero-order chi connectivity index (χ0) is 25.0. The maximum Gasteiger partial charge on any atom is 0.176 e. The first-order chi connectivity index (χ1) is 16.0. The van der Waals surface area contributed by atoms with Gasteiger partial charge in [-0.25, -0.2) is 9.98 Å². The number of hydrogen-bond donors (Lipinski definition) is 3. The lowest BCUT2D eigenvalue weighted by atomic mass is 9.86. The molecule has 186 valence electrons. The van der Waals surface area contributed by atoms with Gasteiger partial charge in [0.25, 0.3) is 0 Å². The van der Waals surface area contributed by atoms with Gasteiger partial charge in [-0.15, -0.1) is 0 Å². The largest absolute Gasteiger partial charge is 0.371 e. The molecule has 7 nitrogen and oxygen atoms in total. The van der Waals surface area contributed by atoms with Gasteiger partial charge >= 0.3 is 0 Å². The molecule has 1 fully saturated rings. The van der Waals surface area contributed by atoms with Crippen LogP contribution in [-0.2, 0) is 0 Å². The van der Waals surface area contributed by atoms with E-state index in [2.05, 4.69) is 60.2 Å². The van der Waals surface area contributed by atoms with Gasteiger partial charge in [0.15, 0.2) is 11.6 Å². The highest BCUT2D eigenvalue weighted by atomic mass is 15.2. The number of anilines is 1. The van der Waals surface area contributed by atoms with Crippen LogP contribution in [-0.4, -0.2) is 53.3 Å². The predicted octanol–water partition coefficient (Wildman–Crippen LogP) is 5.74. The molecule has 2 heterocycles. The van der Waals surface area contributed by atoms with Crippen LogP contribution < -0.4 is 10.2 Å². The summed E-state index contributed by atoms with van der Waals surface area (Å²) >= 11 is 0.